The number of fused-ring (bicyclic) bond motifs is 1. The van der Waals surface area contributed by atoms with Crippen molar-refractivity contribution in [3.05, 3.63) is 23.5 Å². The molecule has 3 N–H and O–H groups in total. The Bertz CT molecular complexity index is 435. The molecule has 16 heavy (non-hydrogen) atoms. The molecule has 0 amide bonds. The van der Waals surface area contributed by atoms with E-state index in [1.165, 1.54) is 12.1 Å². The molecule has 1 unspecified atom stereocenters. The Morgan fingerprint density at radius 2 is 2.31 bits per heavy atom. The van der Waals surface area contributed by atoms with E-state index < -0.39 is 17.8 Å². The van der Waals surface area contributed by atoms with Crippen molar-refractivity contribution in [3.8, 4) is 11.5 Å². The summed E-state index contributed by atoms with van der Waals surface area (Å²) in [5.74, 6) is -1.42. The summed E-state index contributed by atoms with van der Waals surface area (Å²) < 4.78 is 23.7. The Morgan fingerprint density at radius 1 is 1.56 bits per heavy atom. The minimum Gasteiger partial charge on any atom is -0.481 e. The third kappa shape index (κ3) is 1.79. The molecule has 1 aliphatic rings. The van der Waals surface area contributed by atoms with Gasteiger partial charge in [-0.15, -0.1) is 0 Å². The van der Waals surface area contributed by atoms with Gasteiger partial charge in [0.2, 0.25) is 12.5 Å². The molecule has 0 aromatic heterocycles. The summed E-state index contributed by atoms with van der Waals surface area (Å²) in [6.45, 7) is -0.0378. The first kappa shape index (κ1) is 10.7. The molecule has 1 aromatic carbocycles. The van der Waals surface area contributed by atoms with E-state index in [0.717, 1.165) is 0 Å². The van der Waals surface area contributed by atoms with Crippen molar-refractivity contribution in [1.82, 2.24) is 0 Å². The van der Waals surface area contributed by atoms with Crippen LogP contribution in [0.25, 0.3) is 0 Å². The zero-order valence-corrected chi connectivity index (χ0v) is 8.27. The first-order chi connectivity index (χ1) is 7.59. The Labute approximate surface area is 90.6 Å². The summed E-state index contributed by atoms with van der Waals surface area (Å²) in [4.78, 5) is 10.5. The largest absolute Gasteiger partial charge is 0.481 e. The Hall–Kier alpha value is -1.82. The second-order valence-corrected chi connectivity index (χ2v) is 3.41. The lowest BCUT2D eigenvalue weighted by molar-refractivity contribution is -0.137. The molecule has 2 rings (SSSR count). The number of aliphatic carboxylic acids is 1. The average molecular weight is 227 g/mol. The molecule has 6 heteroatoms. The molecule has 1 aromatic rings. The van der Waals surface area contributed by atoms with Crippen LogP contribution in [0.4, 0.5) is 4.39 Å². The van der Waals surface area contributed by atoms with E-state index in [0.29, 0.717) is 5.75 Å². The molecule has 0 saturated heterocycles. The number of carboxylic acids is 1. The van der Waals surface area contributed by atoms with E-state index >= 15 is 0 Å². The van der Waals surface area contributed by atoms with Crippen molar-refractivity contribution in [2.75, 3.05) is 6.79 Å². The minimum absolute atomic E-state index is 0.00154. The maximum Gasteiger partial charge on any atom is 0.305 e. The van der Waals surface area contributed by atoms with Crippen LogP contribution in [0, 0.1) is 5.82 Å². The number of halogens is 1. The van der Waals surface area contributed by atoms with E-state index in [9.17, 15) is 9.18 Å². The number of carbonyl (C=O) groups is 1. The molecular formula is C10H10FNO4. The summed E-state index contributed by atoms with van der Waals surface area (Å²) in [7, 11) is 0. The third-order valence-corrected chi connectivity index (χ3v) is 2.30. The number of nitrogens with two attached hydrogens (primary N) is 1. The van der Waals surface area contributed by atoms with Crippen LogP contribution in [0.15, 0.2) is 12.1 Å². The minimum atomic E-state index is -1.08. The molecular weight excluding hydrogens is 217 g/mol. The van der Waals surface area contributed by atoms with Crippen LogP contribution in [0.1, 0.15) is 18.0 Å². The van der Waals surface area contributed by atoms with Gasteiger partial charge in [0, 0.05) is 11.6 Å². The maximum absolute atomic E-state index is 13.8. The fourth-order valence-corrected chi connectivity index (χ4v) is 1.54. The molecule has 1 aliphatic heterocycles. The zero-order valence-electron chi connectivity index (χ0n) is 8.27. The van der Waals surface area contributed by atoms with Gasteiger partial charge in [0.25, 0.3) is 0 Å². The van der Waals surface area contributed by atoms with Crippen LogP contribution >= 0.6 is 0 Å². The SMILES string of the molecule is NC(CC(=O)O)c1ccc2c(c1F)OCO2. The number of rotatable bonds is 3. The quantitative estimate of drug-likeness (QED) is 0.805. The second kappa shape index (κ2) is 3.97. The zero-order chi connectivity index (χ0) is 11.7. The lowest BCUT2D eigenvalue weighted by Gasteiger charge is -2.11. The van der Waals surface area contributed by atoms with Crippen LogP contribution in [-0.4, -0.2) is 17.9 Å². The van der Waals surface area contributed by atoms with E-state index in [1.807, 2.05) is 0 Å². The van der Waals surface area contributed by atoms with Gasteiger partial charge in [-0.25, -0.2) is 4.39 Å². The van der Waals surface area contributed by atoms with Gasteiger partial charge in [0.15, 0.2) is 11.6 Å². The summed E-state index contributed by atoms with van der Waals surface area (Å²) in [6, 6.07) is 2.03. The standard InChI is InChI=1S/C10H10FNO4/c11-9-5(6(12)3-8(13)14)1-2-7-10(9)16-4-15-7/h1-2,6H,3-4,12H2,(H,13,14). The number of benzene rings is 1. The molecule has 1 atom stereocenters. The van der Waals surface area contributed by atoms with Gasteiger partial charge >= 0.3 is 5.97 Å². The van der Waals surface area contributed by atoms with Gasteiger partial charge in [-0.05, 0) is 6.07 Å². The van der Waals surface area contributed by atoms with Crippen molar-refractivity contribution in [2.24, 2.45) is 5.73 Å². The molecule has 5 nitrogen and oxygen atoms in total. The first-order valence-electron chi connectivity index (χ1n) is 4.65. The number of hydrogen-bond donors (Lipinski definition) is 2. The highest BCUT2D eigenvalue weighted by Crippen LogP contribution is 2.37. The van der Waals surface area contributed by atoms with Gasteiger partial charge in [-0.2, -0.15) is 0 Å². The molecule has 1 heterocycles. The smallest absolute Gasteiger partial charge is 0.305 e. The molecule has 0 saturated carbocycles. The number of ether oxygens (including phenoxy) is 2. The predicted molar refractivity (Wildman–Crippen MR) is 51.7 cm³/mol. The lowest BCUT2D eigenvalue weighted by atomic mass is 10.0. The fraction of sp³-hybridized carbons (Fsp3) is 0.300. The lowest BCUT2D eigenvalue weighted by Crippen LogP contribution is -2.16. The van der Waals surface area contributed by atoms with Crippen molar-refractivity contribution in [2.45, 2.75) is 12.5 Å². The van der Waals surface area contributed by atoms with Crippen LogP contribution in [0.2, 0.25) is 0 Å². The molecule has 86 valence electrons. The number of hydrogen-bond acceptors (Lipinski definition) is 4. The highest BCUT2D eigenvalue weighted by molar-refractivity contribution is 5.68. The maximum atomic E-state index is 13.8. The first-order valence-corrected chi connectivity index (χ1v) is 4.65. The van der Waals surface area contributed by atoms with E-state index in [-0.39, 0.29) is 24.5 Å². The highest BCUT2D eigenvalue weighted by atomic mass is 19.1. The average Bonchev–Trinajstić information content (AvgIpc) is 2.65. The molecule has 0 radical (unpaired) electrons. The fourth-order valence-electron chi connectivity index (χ4n) is 1.54. The van der Waals surface area contributed by atoms with E-state index in [1.54, 1.807) is 0 Å². The molecule has 0 spiro atoms. The van der Waals surface area contributed by atoms with Crippen molar-refractivity contribution in [1.29, 1.82) is 0 Å². The van der Waals surface area contributed by atoms with Crippen LogP contribution < -0.4 is 15.2 Å². The summed E-state index contributed by atoms with van der Waals surface area (Å²) in [5, 5.41) is 8.57. The van der Waals surface area contributed by atoms with Crippen molar-refractivity contribution < 1.29 is 23.8 Å². The van der Waals surface area contributed by atoms with Crippen LogP contribution in [0.5, 0.6) is 11.5 Å². The normalized spacial score (nSPS) is 14.9. The van der Waals surface area contributed by atoms with Gasteiger partial charge in [0.05, 0.1) is 6.42 Å². The third-order valence-electron chi connectivity index (χ3n) is 2.30. The van der Waals surface area contributed by atoms with Gasteiger partial charge < -0.3 is 20.3 Å². The Balaban J connectivity index is 2.32. The topological polar surface area (TPSA) is 81.8 Å². The Morgan fingerprint density at radius 3 is 3.00 bits per heavy atom. The van der Waals surface area contributed by atoms with Crippen molar-refractivity contribution in [3.63, 3.8) is 0 Å². The Kier molecular flexibility index (Phi) is 2.66. The molecule has 0 bridgehead atoms. The van der Waals surface area contributed by atoms with Gasteiger partial charge in [-0.1, -0.05) is 6.07 Å². The number of carboxylic acid groups (broad SMARTS) is 1. The van der Waals surface area contributed by atoms with E-state index in [2.05, 4.69) is 0 Å². The molecule has 0 aliphatic carbocycles. The van der Waals surface area contributed by atoms with Crippen molar-refractivity contribution >= 4 is 5.97 Å². The monoisotopic (exact) mass is 227 g/mol. The van der Waals surface area contributed by atoms with Gasteiger partial charge in [0.1, 0.15) is 0 Å². The van der Waals surface area contributed by atoms with E-state index in [4.69, 9.17) is 20.3 Å². The molecule has 0 fully saturated rings. The second-order valence-electron chi connectivity index (χ2n) is 3.41. The summed E-state index contributed by atoms with van der Waals surface area (Å²) in [5.41, 5.74) is 5.69. The predicted octanol–water partition coefficient (Wildman–Crippen LogP) is 1.03. The van der Waals surface area contributed by atoms with Crippen LogP contribution in [0.3, 0.4) is 0 Å². The van der Waals surface area contributed by atoms with Gasteiger partial charge in [-0.3, -0.25) is 4.79 Å². The summed E-state index contributed by atoms with van der Waals surface area (Å²) in [6.07, 6.45) is -0.337. The summed E-state index contributed by atoms with van der Waals surface area (Å²) >= 11 is 0. The van der Waals surface area contributed by atoms with Crippen LogP contribution in [-0.2, 0) is 4.79 Å². The highest BCUT2D eigenvalue weighted by Gasteiger charge is 2.24.